The minimum Gasteiger partial charge on any atom is -0.457 e. The molecule has 1 unspecified atom stereocenters. The zero-order valence-corrected chi connectivity index (χ0v) is 30.7. The summed E-state index contributed by atoms with van der Waals surface area (Å²) in [6.45, 7) is 4.25. The number of nitrogens with zero attached hydrogens (tertiary/aromatic N) is 3. The average molecular weight is 704 g/mol. The highest BCUT2D eigenvalue weighted by Crippen LogP contribution is 2.44. The lowest BCUT2D eigenvalue weighted by Crippen LogP contribution is -2.18. The number of hydrogen-bond donors (Lipinski definition) is 0. The number of benzene rings is 5. The molecule has 0 saturated heterocycles. The summed E-state index contributed by atoms with van der Waals surface area (Å²) >= 11 is 0. The Balaban J connectivity index is 1.06. The van der Waals surface area contributed by atoms with Crippen LogP contribution in [0.5, 0.6) is 11.5 Å². The highest BCUT2D eigenvalue weighted by molar-refractivity contribution is 6.17. The van der Waals surface area contributed by atoms with Crippen LogP contribution in [0.3, 0.4) is 0 Å². The lowest BCUT2D eigenvalue weighted by Gasteiger charge is -2.27. The number of fused-ring (bicyclic) bond motifs is 9. The van der Waals surface area contributed by atoms with Gasteiger partial charge in [-0.1, -0.05) is 80.6 Å². The second-order valence-corrected chi connectivity index (χ2v) is 15.8. The van der Waals surface area contributed by atoms with E-state index in [0.29, 0.717) is 0 Å². The van der Waals surface area contributed by atoms with Crippen LogP contribution in [0.2, 0.25) is 0 Å². The van der Waals surface area contributed by atoms with Crippen LogP contribution < -0.4 is 4.74 Å². The van der Waals surface area contributed by atoms with E-state index in [2.05, 4.69) is 128 Å². The van der Waals surface area contributed by atoms with Gasteiger partial charge < -0.3 is 9.15 Å². The summed E-state index contributed by atoms with van der Waals surface area (Å²) in [4.78, 5) is 10.0. The van der Waals surface area contributed by atoms with Crippen LogP contribution in [0.15, 0.2) is 120 Å². The standard InChI is InChI=1S/C49H41N3O2/c1-29-20-47(51-27-30(29)2)52-45-15-9-8-14-39(45)40-19-17-36(26-46(40)52)53-37-24-42-41-18-16-32-12-6-7-13-38(32)48(41)54-49(42)43(25-37)44-23-34-21-33(22-35(34)28-50-44)31-10-4-3-5-11-31/h6-9,12-20,23-28,31,33H,3-5,10-11,21-22H2,1-2H3. The molecule has 2 aliphatic carbocycles. The van der Waals surface area contributed by atoms with Gasteiger partial charge in [-0.3, -0.25) is 9.55 Å². The normalized spacial score (nSPS) is 16.3. The molecule has 264 valence electrons. The van der Waals surface area contributed by atoms with E-state index in [1.807, 2.05) is 6.20 Å². The van der Waals surface area contributed by atoms with Crippen LogP contribution in [0.1, 0.15) is 54.4 Å². The summed E-state index contributed by atoms with van der Waals surface area (Å²) in [5, 5.41) is 6.72. The highest BCUT2D eigenvalue weighted by Gasteiger charge is 2.30. The molecular formula is C49H41N3O2. The minimum atomic E-state index is 0.731. The second kappa shape index (κ2) is 12.3. The Hall–Kier alpha value is -5.94. The van der Waals surface area contributed by atoms with Gasteiger partial charge in [0.25, 0.3) is 0 Å². The van der Waals surface area contributed by atoms with Gasteiger partial charge in [0.15, 0.2) is 0 Å². The van der Waals surface area contributed by atoms with E-state index in [-0.39, 0.29) is 0 Å². The third-order valence-electron chi connectivity index (χ3n) is 12.5. The van der Waals surface area contributed by atoms with Crippen LogP contribution in [-0.4, -0.2) is 14.5 Å². The third kappa shape index (κ3) is 5.05. The predicted molar refractivity (Wildman–Crippen MR) is 220 cm³/mol. The van der Waals surface area contributed by atoms with Gasteiger partial charge in [0, 0.05) is 51.0 Å². The molecule has 4 aromatic heterocycles. The number of aryl methyl sites for hydroxylation is 2. The molecule has 0 aliphatic heterocycles. The Morgan fingerprint density at radius 1 is 0.593 bits per heavy atom. The van der Waals surface area contributed by atoms with Crippen LogP contribution in [0, 0.1) is 25.7 Å². The van der Waals surface area contributed by atoms with Gasteiger partial charge in [-0.15, -0.1) is 0 Å². The van der Waals surface area contributed by atoms with Gasteiger partial charge in [0.1, 0.15) is 28.5 Å². The van der Waals surface area contributed by atoms with E-state index < -0.39 is 0 Å². The van der Waals surface area contributed by atoms with Gasteiger partial charge in [-0.05, 0) is 115 Å². The van der Waals surface area contributed by atoms with E-state index in [1.165, 1.54) is 59.7 Å². The zero-order valence-electron chi connectivity index (χ0n) is 30.7. The lowest BCUT2D eigenvalue weighted by molar-refractivity contribution is 0.255. The van der Waals surface area contributed by atoms with Crippen molar-refractivity contribution in [3.63, 3.8) is 0 Å². The molecule has 4 heterocycles. The first kappa shape index (κ1) is 31.6. The van der Waals surface area contributed by atoms with Crippen molar-refractivity contribution in [2.75, 3.05) is 0 Å². The summed E-state index contributed by atoms with van der Waals surface area (Å²) in [5.74, 6) is 3.98. The van der Waals surface area contributed by atoms with E-state index in [4.69, 9.17) is 19.1 Å². The first-order valence-electron chi connectivity index (χ1n) is 19.6. The Labute approximate surface area is 314 Å². The molecule has 5 nitrogen and oxygen atoms in total. The molecule has 0 amide bonds. The molecule has 54 heavy (non-hydrogen) atoms. The number of hydrogen-bond acceptors (Lipinski definition) is 4. The van der Waals surface area contributed by atoms with E-state index in [1.54, 1.807) is 0 Å². The van der Waals surface area contributed by atoms with E-state index in [0.717, 1.165) is 102 Å². The average Bonchev–Trinajstić information content (AvgIpc) is 3.91. The lowest BCUT2D eigenvalue weighted by atomic mass is 9.79. The molecule has 1 saturated carbocycles. The van der Waals surface area contributed by atoms with Crippen molar-refractivity contribution in [2.24, 2.45) is 11.8 Å². The number of ether oxygens (including phenoxy) is 1. The molecular weight excluding hydrogens is 663 g/mol. The van der Waals surface area contributed by atoms with Crippen molar-refractivity contribution in [3.8, 4) is 28.6 Å². The summed E-state index contributed by atoms with van der Waals surface area (Å²) < 4.78 is 16.0. The second-order valence-electron chi connectivity index (χ2n) is 15.8. The quantitative estimate of drug-likeness (QED) is 0.179. The maximum Gasteiger partial charge on any atom is 0.145 e. The fourth-order valence-corrected chi connectivity index (χ4v) is 9.58. The number of para-hydroxylation sites is 1. The largest absolute Gasteiger partial charge is 0.457 e. The smallest absolute Gasteiger partial charge is 0.145 e. The van der Waals surface area contributed by atoms with Crippen molar-refractivity contribution in [1.29, 1.82) is 0 Å². The van der Waals surface area contributed by atoms with Crippen molar-refractivity contribution in [3.05, 3.63) is 138 Å². The van der Waals surface area contributed by atoms with Crippen molar-refractivity contribution in [2.45, 2.75) is 58.8 Å². The van der Waals surface area contributed by atoms with Crippen LogP contribution in [0.25, 0.3) is 71.6 Å². The Morgan fingerprint density at radius 3 is 2.28 bits per heavy atom. The van der Waals surface area contributed by atoms with Crippen molar-refractivity contribution in [1.82, 2.24) is 14.5 Å². The predicted octanol–water partition coefficient (Wildman–Crippen LogP) is 13.0. The molecule has 0 N–H and O–H groups in total. The van der Waals surface area contributed by atoms with Crippen LogP contribution in [0.4, 0.5) is 0 Å². The van der Waals surface area contributed by atoms with Gasteiger partial charge in [-0.25, -0.2) is 4.98 Å². The van der Waals surface area contributed by atoms with Crippen molar-refractivity contribution >= 4 is 54.5 Å². The molecule has 2 aliphatic rings. The first-order chi connectivity index (χ1) is 26.6. The van der Waals surface area contributed by atoms with Crippen molar-refractivity contribution < 1.29 is 9.15 Å². The summed E-state index contributed by atoms with van der Waals surface area (Å²) in [7, 11) is 0. The number of furan rings is 1. The van der Waals surface area contributed by atoms with Gasteiger partial charge in [-0.2, -0.15) is 0 Å². The minimum absolute atomic E-state index is 0.731. The number of rotatable bonds is 5. The van der Waals surface area contributed by atoms with Crippen LogP contribution in [-0.2, 0) is 12.8 Å². The maximum absolute atomic E-state index is 6.88. The third-order valence-corrected chi connectivity index (χ3v) is 12.5. The summed E-state index contributed by atoms with van der Waals surface area (Å²) in [5.41, 5.74) is 11.1. The Kier molecular flexibility index (Phi) is 7.20. The molecule has 1 atom stereocenters. The highest BCUT2D eigenvalue weighted by atomic mass is 16.5. The Bertz CT molecular complexity index is 2950. The Morgan fingerprint density at radius 2 is 1.39 bits per heavy atom. The van der Waals surface area contributed by atoms with E-state index in [9.17, 15) is 0 Å². The SMILES string of the molecule is Cc1cnc(-n2c3ccccc3c3ccc(Oc4cc(-c5cc6c(cn5)CC(C5CCCCC5)C6)c5oc6c7ccccc7ccc6c5c4)cc32)cc1C. The van der Waals surface area contributed by atoms with E-state index >= 15 is 0 Å². The molecule has 9 aromatic rings. The van der Waals surface area contributed by atoms with Gasteiger partial charge in [0.05, 0.1) is 16.7 Å². The fraction of sp³-hybridized carbons (Fsp3) is 0.224. The molecule has 5 aromatic carbocycles. The zero-order chi connectivity index (χ0) is 35.9. The number of pyridine rings is 2. The van der Waals surface area contributed by atoms with Crippen LogP contribution >= 0.6 is 0 Å². The molecule has 0 bridgehead atoms. The monoisotopic (exact) mass is 703 g/mol. The summed E-state index contributed by atoms with van der Waals surface area (Å²) in [6, 6.07) is 36.5. The molecule has 1 fully saturated rings. The topological polar surface area (TPSA) is 53.1 Å². The maximum atomic E-state index is 6.88. The van der Waals surface area contributed by atoms with Gasteiger partial charge in [0.2, 0.25) is 0 Å². The number of aromatic nitrogens is 3. The van der Waals surface area contributed by atoms with Gasteiger partial charge >= 0.3 is 0 Å². The first-order valence-corrected chi connectivity index (χ1v) is 19.6. The molecule has 5 heteroatoms. The molecule has 0 radical (unpaired) electrons. The summed E-state index contributed by atoms with van der Waals surface area (Å²) in [6.07, 6.45) is 13.3. The fourth-order valence-electron chi connectivity index (χ4n) is 9.58. The molecule has 0 spiro atoms. The molecule has 11 rings (SSSR count).